The lowest BCUT2D eigenvalue weighted by Gasteiger charge is -2.10. The number of nitrogens with one attached hydrogen (secondary N) is 2. The third-order valence-electron chi connectivity index (χ3n) is 3.01. The molecule has 0 fully saturated rings. The van der Waals surface area contributed by atoms with Gasteiger partial charge in [0.25, 0.3) is 0 Å². The second-order valence-corrected chi connectivity index (χ2v) is 4.70. The van der Waals surface area contributed by atoms with E-state index in [9.17, 15) is 0 Å². The zero-order chi connectivity index (χ0) is 15.6. The smallest absolute Gasteiger partial charge is 0.191 e. The third-order valence-corrected chi connectivity index (χ3v) is 3.01. The Labute approximate surface area is 131 Å². The SMILES string of the molecule is CCNC(=NCc1ccn(-c2ccccc2)n1)NCCOC. The van der Waals surface area contributed by atoms with Gasteiger partial charge in [-0.1, -0.05) is 18.2 Å². The molecule has 0 radical (unpaired) electrons. The molecule has 6 heteroatoms. The summed E-state index contributed by atoms with van der Waals surface area (Å²) in [6.45, 7) is 4.75. The van der Waals surface area contributed by atoms with Crippen molar-refractivity contribution in [2.45, 2.75) is 13.5 Å². The predicted octanol–water partition coefficient (Wildman–Crippen LogP) is 1.57. The van der Waals surface area contributed by atoms with Crippen LogP contribution in [0.5, 0.6) is 0 Å². The normalized spacial score (nSPS) is 11.5. The summed E-state index contributed by atoms with van der Waals surface area (Å²) in [5.74, 6) is 0.772. The van der Waals surface area contributed by atoms with Gasteiger partial charge in [-0.3, -0.25) is 0 Å². The summed E-state index contributed by atoms with van der Waals surface area (Å²) in [4.78, 5) is 4.53. The number of nitrogens with zero attached hydrogens (tertiary/aromatic N) is 3. The largest absolute Gasteiger partial charge is 0.383 e. The first-order valence-corrected chi connectivity index (χ1v) is 7.44. The van der Waals surface area contributed by atoms with Gasteiger partial charge in [0.2, 0.25) is 0 Å². The molecular weight excluding hydrogens is 278 g/mol. The molecule has 0 atom stereocenters. The number of rotatable bonds is 7. The van der Waals surface area contributed by atoms with Crippen molar-refractivity contribution in [1.29, 1.82) is 0 Å². The summed E-state index contributed by atoms with van der Waals surface area (Å²) in [5.41, 5.74) is 1.97. The molecule has 1 heterocycles. The number of aromatic nitrogens is 2. The molecule has 0 amide bonds. The average molecular weight is 301 g/mol. The summed E-state index contributed by atoms with van der Waals surface area (Å²) in [6.07, 6.45) is 1.95. The first-order valence-electron chi connectivity index (χ1n) is 7.44. The minimum absolute atomic E-state index is 0.530. The van der Waals surface area contributed by atoms with E-state index in [4.69, 9.17) is 4.74 Å². The van der Waals surface area contributed by atoms with E-state index in [1.807, 2.05) is 54.2 Å². The Morgan fingerprint density at radius 3 is 2.77 bits per heavy atom. The van der Waals surface area contributed by atoms with E-state index in [1.165, 1.54) is 0 Å². The lowest BCUT2D eigenvalue weighted by Crippen LogP contribution is -2.38. The van der Waals surface area contributed by atoms with Crippen LogP contribution < -0.4 is 10.6 Å². The zero-order valence-corrected chi connectivity index (χ0v) is 13.1. The summed E-state index contributed by atoms with van der Waals surface area (Å²) in [5, 5.41) is 10.9. The molecule has 0 aliphatic heterocycles. The van der Waals surface area contributed by atoms with Gasteiger partial charge in [-0.05, 0) is 25.1 Å². The van der Waals surface area contributed by atoms with Gasteiger partial charge in [0.15, 0.2) is 5.96 Å². The van der Waals surface area contributed by atoms with Crippen LogP contribution >= 0.6 is 0 Å². The zero-order valence-electron chi connectivity index (χ0n) is 13.1. The van der Waals surface area contributed by atoms with Crippen LogP contribution in [-0.2, 0) is 11.3 Å². The Hall–Kier alpha value is -2.34. The van der Waals surface area contributed by atoms with Crippen molar-refractivity contribution in [3.63, 3.8) is 0 Å². The van der Waals surface area contributed by atoms with Crippen LogP contribution in [0.4, 0.5) is 0 Å². The van der Waals surface area contributed by atoms with Crippen molar-refractivity contribution in [2.24, 2.45) is 4.99 Å². The van der Waals surface area contributed by atoms with Crippen LogP contribution in [0.3, 0.4) is 0 Å². The van der Waals surface area contributed by atoms with E-state index in [2.05, 4.69) is 20.7 Å². The first-order chi connectivity index (χ1) is 10.8. The van der Waals surface area contributed by atoms with Crippen LogP contribution in [-0.4, -0.2) is 42.5 Å². The number of benzene rings is 1. The monoisotopic (exact) mass is 301 g/mol. The Bertz CT molecular complexity index is 579. The molecule has 0 aliphatic carbocycles. The Morgan fingerprint density at radius 1 is 1.23 bits per heavy atom. The fourth-order valence-corrected chi connectivity index (χ4v) is 1.94. The third kappa shape index (κ3) is 4.89. The molecule has 1 aromatic heterocycles. The number of hydrogen-bond acceptors (Lipinski definition) is 3. The molecule has 22 heavy (non-hydrogen) atoms. The summed E-state index contributed by atoms with van der Waals surface area (Å²) in [6, 6.07) is 12.0. The van der Waals surface area contributed by atoms with E-state index in [1.54, 1.807) is 7.11 Å². The Kier molecular flexibility index (Phi) is 6.44. The van der Waals surface area contributed by atoms with Crippen molar-refractivity contribution in [1.82, 2.24) is 20.4 Å². The maximum atomic E-state index is 5.02. The van der Waals surface area contributed by atoms with Crippen LogP contribution in [0.15, 0.2) is 47.6 Å². The highest BCUT2D eigenvalue weighted by Gasteiger charge is 2.01. The molecule has 2 N–H and O–H groups in total. The predicted molar refractivity (Wildman–Crippen MR) is 88.3 cm³/mol. The lowest BCUT2D eigenvalue weighted by molar-refractivity contribution is 0.203. The molecule has 2 rings (SSSR count). The van der Waals surface area contributed by atoms with E-state index in [0.717, 1.165) is 30.4 Å². The van der Waals surface area contributed by atoms with E-state index < -0.39 is 0 Å². The number of methoxy groups -OCH3 is 1. The van der Waals surface area contributed by atoms with Crippen molar-refractivity contribution in [2.75, 3.05) is 26.8 Å². The van der Waals surface area contributed by atoms with Gasteiger partial charge in [0.1, 0.15) is 0 Å². The van der Waals surface area contributed by atoms with Gasteiger partial charge in [0, 0.05) is 26.4 Å². The Morgan fingerprint density at radius 2 is 2.05 bits per heavy atom. The quantitative estimate of drug-likeness (QED) is 0.463. The average Bonchev–Trinajstić information content (AvgIpc) is 3.03. The van der Waals surface area contributed by atoms with Gasteiger partial charge >= 0.3 is 0 Å². The molecule has 1 aromatic carbocycles. The van der Waals surface area contributed by atoms with Gasteiger partial charge < -0.3 is 15.4 Å². The highest BCUT2D eigenvalue weighted by molar-refractivity contribution is 5.79. The maximum Gasteiger partial charge on any atom is 0.191 e. The van der Waals surface area contributed by atoms with Gasteiger partial charge in [0.05, 0.1) is 24.5 Å². The summed E-state index contributed by atoms with van der Waals surface area (Å²) < 4.78 is 6.88. The summed E-state index contributed by atoms with van der Waals surface area (Å²) >= 11 is 0. The van der Waals surface area contributed by atoms with Crippen LogP contribution in [0.1, 0.15) is 12.6 Å². The fourth-order valence-electron chi connectivity index (χ4n) is 1.94. The topological polar surface area (TPSA) is 63.5 Å². The van der Waals surface area contributed by atoms with Crippen LogP contribution in [0, 0.1) is 0 Å². The van der Waals surface area contributed by atoms with Crippen molar-refractivity contribution in [3.05, 3.63) is 48.3 Å². The van der Waals surface area contributed by atoms with Crippen LogP contribution in [0.2, 0.25) is 0 Å². The van der Waals surface area contributed by atoms with Gasteiger partial charge in [-0.2, -0.15) is 5.10 Å². The number of hydrogen-bond donors (Lipinski definition) is 2. The number of guanidine groups is 1. The first kappa shape index (κ1) is 16.0. The second-order valence-electron chi connectivity index (χ2n) is 4.70. The molecule has 0 aliphatic rings. The second kappa shape index (κ2) is 8.84. The minimum atomic E-state index is 0.530. The highest BCUT2D eigenvalue weighted by Crippen LogP contribution is 2.07. The molecule has 118 valence electrons. The lowest BCUT2D eigenvalue weighted by atomic mass is 10.3. The molecule has 6 nitrogen and oxygen atoms in total. The molecule has 0 spiro atoms. The number of aliphatic imine (C=N–C) groups is 1. The molecule has 0 saturated carbocycles. The van der Waals surface area contributed by atoms with Gasteiger partial charge in [-0.15, -0.1) is 0 Å². The molecular formula is C16H23N5O. The highest BCUT2D eigenvalue weighted by atomic mass is 16.5. The number of ether oxygens (including phenoxy) is 1. The van der Waals surface area contributed by atoms with Crippen molar-refractivity contribution < 1.29 is 4.74 Å². The van der Waals surface area contributed by atoms with E-state index in [0.29, 0.717) is 13.2 Å². The van der Waals surface area contributed by atoms with Crippen molar-refractivity contribution in [3.8, 4) is 5.69 Å². The van der Waals surface area contributed by atoms with Gasteiger partial charge in [-0.25, -0.2) is 9.67 Å². The fraction of sp³-hybridized carbons (Fsp3) is 0.375. The van der Waals surface area contributed by atoms with Crippen molar-refractivity contribution >= 4 is 5.96 Å². The minimum Gasteiger partial charge on any atom is -0.383 e. The molecule has 0 unspecified atom stereocenters. The van der Waals surface area contributed by atoms with E-state index in [-0.39, 0.29) is 0 Å². The molecule has 2 aromatic rings. The van der Waals surface area contributed by atoms with E-state index >= 15 is 0 Å². The molecule has 0 saturated heterocycles. The maximum absolute atomic E-state index is 5.02. The van der Waals surface area contributed by atoms with Crippen LogP contribution in [0.25, 0.3) is 5.69 Å². The standard InChI is InChI=1S/C16H23N5O/c1-3-17-16(18-10-12-22-2)19-13-14-9-11-21(20-14)15-7-5-4-6-8-15/h4-9,11H,3,10,12-13H2,1-2H3,(H2,17,18,19). The Balaban J connectivity index is 1.97. The number of para-hydroxylation sites is 1. The summed E-state index contributed by atoms with van der Waals surface area (Å²) in [7, 11) is 1.68. The molecule has 0 bridgehead atoms.